The molecule has 0 unspecified atom stereocenters. The number of hydrogen-bond donors (Lipinski definition) is 1. The van der Waals surface area contributed by atoms with Crippen molar-refractivity contribution in [3.05, 3.63) is 54.4 Å². The summed E-state index contributed by atoms with van der Waals surface area (Å²) in [6.45, 7) is 8.14. The molecule has 1 aliphatic rings. The van der Waals surface area contributed by atoms with Crippen molar-refractivity contribution in [2.24, 2.45) is 0 Å². The first kappa shape index (κ1) is 25.0. The van der Waals surface area contributed by atoms with E-state index >= 15 is 0 Å². The fourth-order valence-corrected chi connectivity index (χ4v) is 5.22. The van der Waals surface area contributed by atoms with Gasteiger partial charge >= 0.3 is 6.01 Å². The van der Waals surface area contributed by atoms with Crippen LogP contribution in [0.2, 0.25) is 0 Å². The summed E-state index contributed by atoms with van der Waals surface area (Å²) in [5.41, 5.74) is 1.10. The molecule has 0 saturated carbocycles. The maximum absolute atomic E-state index is 12.9. The zero-order valence-electron chi connectivity index (χ0n) is 20.5. The zero-order valence-corrected chi connectivity index (χ0v) is 21.3. The molecule has 0 bridgehead atoms. The van der Waals surface area contributed by atoms with E-state index in [0.29, 0.717) is 29.9 Å². The van der Waals surface area contributed by atoms with Gasteiger partial charge in [-0.3, -0.25) is 4.57 Å². The Morgan fingerprint density at radius 1 is 1.03 bits per heavy atom. The van der Waals surface area contributed by atoms with Crippen molar-refractivity contribution in [2.45, 2.75) is 31.3 Å². The van der Waals surface area contributed by atoms with Gasteiger partial charge in [-0.1, -0.05) is 11.2 Å². The number of nitrogens with one attached hydrogen (secondary N) is 1. The molecule has 0 radical (unpaired) electrons. The Labute approximate surface area is 206 Å². The van der Waals surface area contributed by atoms with E-state index in [1.165, 1.54) is 19.2 Å². The number of nitrogens with zero attached hydrogens (tertiary/aromatic N) is 5. The predicted octanol–water partition coefficient (Wildman–Crippen LogP) is 2.89. The summed E-state index contributed by atoms with van der Waals surface area (Å²) >= 11 is 0. The Morgan fingerprint density at radius 3 is 2.40 bits per heavy atom. The molecule has 0 amide bonds. The smallest absolute Gasteiger partial charge is 0.322 e. The van der Waals surface area contributed by atoms with Crippen molar-refractivity contribution in [1.29, 1.82) is 0 Å². The third-order valence-corrected chi connectivity index (χ3v) is 7.60. The number of ether oxygens (including phenoxy) is 2. The zero-order chi connectivity index (χ0) is 25.0. The molecule has 1 N–H and O–H groups in total. The normalized spacial score (nSPS) is 15.7. The lowest BCUT2D eigenvalue weighted by molar-refractivity contribution is 0.312. The first-order chi connectivity index (χ1) is 16.8. The summed E-state index contributed by atoms with van der Waals surface area (Å²) in [7, 11) is -0.105. The van der Waals surface area contributed by atoms with Crippen LogP contribution < -0.4 is 19.1 Å². The van der Waals surface area contributed by atoms with Crippen molar-refractivity contribution in [3.63, 3.8) is 0 Å². The highest BCUT2D eigenvalue weighted by molar-refractivity contribution is 7.89. The lowest BCUT2D eigenvalue weighted by Crippen LogP contribution is -2.44. The predicted molar refractivity (Wildman–Crippen MR) is 134 cm³/mol. The molecule has 3 aromatic rings. The van der Waals surface area contributed by atoms with Crippen LogP contribution in [0.1, 0.15) is 25.7 Å². The molecule has 2 aromatic carbocycles. The Morgan fingerprint density at radius 2 is 1.74 bits per heavy atom. The van der Waals surface area contributed by atoms with Gasteiger partial charge in [0.25, 0.3) is 0 Å². The molecular weight excluding hydrogens is 468 g/mol. The van der Waals surface area contributed by atoms with Crippen LogP contribution in [0.3, 0.4) is 0 Å². The first-order valence-electron chi connectivity index (χ1n) is 11.6. The first-order valence-corrected chi connectivity index (χ1v) is 13.1. The molecular formula is C24H32N6O4S. The monoisotopic (exact) mass is 500 g/mol. The van der Waals surface area contributed by atoms with Gasteiger partial charge in [-0.2, -0.15) is 0 Å². The largest absolute Gasteiger partial charge is 0.497 e. The van der Waals surface area contributed by atoms with E-state index in [4.69, 9.17) is 9.47 Å². The fourth-order valence-electron chi connectivity index (χ4n) is 4.02. The average Bonchev–Trinajstić information content (AvgIpc) is 3.27. The van der Waals surface area contributed by atoms with E-state index in [9.17, 15) is 8.42 Å². The standard InChI is InChI=1S/C24H32N6O4S/c1-5-30-23(18(2)27-35(31,32)22-11-9-20(33-4)10-12-22)25-26-24(30)34-21-8-6-7-19(17-21)29-15-13-28(3)14-16-29/h6-12,17-18,27H,5,13-16H2,1-4H3/t18-/m1/s1. The van der Waals surface area contributed by atoms with E-state index in [-0.39, 0.29) is 4.90 Å². The molecule has 2 heterocycles. The number of methoxy groups -OCH3 is 1. The van der Waals surface area contributed by atoms with Crippen molar-refractivity contribution in [2.75, 3.05) is 45.2 Å². The summed E-state index contributed by atoms with van der Waals surface area (Å²) in [5, 5.41) is 8.43. The van der Waals surface area contributed by atoms with E-state index in [1.807, 2.05) is 25.1 Å². The Kier molecular flexibility index (Phi) is 7.58. The molecule has 1 saturated heterocycles. The number of anilines is 1. The molecule has 1 atom stereocenters. The molecule has 11 heteroatoms. The van der Waals surface area contributed by atoms with Crippen LogP contribution in [0, 0.1) is 0 Å². The maximum atomic E-state index is 12.9. The highest BCUT2D eigenvalue weighted by Crippen LogP contribution is 2.28. The molecule has 188 valence electrons. The molecule has 1 fully saturated rings. The second kappa shape index (κ2) is 10.6. The van der Waals surface area contributed by atoms with Crippen LogP contribution in [0.5, 0.6) is 17.5 Å². The SMILES string of the molecule is CCn1c(Oc2cccc(N3CCN(C)CC3)c2)nnc1[C@@H](C)NS(=O)(=O)c1ccc(OC)cc1. The van der Waals surface area contributed by atoms with E-state index in [1.54, 1.807) is 23.6 Å². The average molecular weight is 501 g/mol. The second-order valence-electron chi connectivity index (χ2n) is 8.49. The van der Waals surface area contributed by atoms with Crippen molar-refractivity contribution >= 4 is 15.7 Å². The highest BCUT2D eigenvalue weighted by atomic mass is 32.2. The summed E-state index contributed by atoms with van der Waals surface area (Å²) in [6.07, 6.45) is 0. The second-order valence-corrected chi connectivity index (χ2v) is 10.2. The minimum Gasteiger partial charge on any atom is -0.497 e. The number of sulfonamides is 1. The maximum Gasteiger partial charge on any atom is 0.322 e. The number of piperazine rings is 1. The number of aromatic nitrogens is 3. The molecule has 1 aromatic heterocycles. The summed E-state index contributed by atoms with van der Waals surface area (Å²) in [6, 6.07) is 13.8. The Hall–Kier alpha value is -3.15. The van der Waals surface area contributed by atoms with Gasteiger partial charge in [0.05, 0.1) is 18.0 Å². The van der Waals surface area contributed by atoms with E-state index in [0.717, 1.165) is 31.9 Å². The van der Waals surface area contributed by atoms with Gasteiger partial charge in [0.15, 0.2) is 5.82 Å². The van der Waals surface area contributed by atoms with Gasteiger partial charge in [-0.05, 0) is 57.3 Å². The minimum absolute atomic E-state index is 0.143. The van der Waals surface area contributed by atoms with Crippen LogP contribution >= 0.6 is 0 Å². The van der Waals surface area contributed by atoms with Gasteiger partial charge in [0, 0.05) is 44.5 Å². The third-order valence-electron chi connectivity index (χ3n) is 6.05. The third kappa shape index (κ3) is 5.75. The Balaban J connectivity index is 1.49. The van der Waals surface area contributed by atoms with Crippen LogP contribution in [-0.4, -0.2) is 68.4 Å². The van der Waals surface area contributed by atoms with E-state index < -0.39 is 16.1 Å². The molecule has 0 spiro atoms. The molecule has 35 heavy (non-hydrogen) atoms. The summed E-state index contributed by atoms with van der Waals surface area (Å²) in [4.78, 5) is 4.79. The molecule has 0 aliphatic carbocycles. The number of benzene rings is 2. The van der Waals surface area contributed by atoms with Crippen molar-refractivity contribution < 1.29 is 17.9 Å². The van der Waals surface area contributed by atoms with Gasteiger partial charge in [0.2, 0.25) is 10.0 Å². The number of likely N-dealkylation sites (N-methyl/N-ethyl adjacent to an activating group) is 1. The lowest BCUT2D eigenvalue weighted by Gasteiger charge is -2.34. The van der Waals surface area contributed by atoms with Crippen LogP contribution in [0.15, 0.2) is 53.4 Å². The molecule has 4 rings (SSSR count). The molecule has 10 nitrogen and oxygen atoms in total. The van der Waals surface area contributed by atoms with Gasteiger partial charge in [0.1, 0.15) is 11.5 Å². The quantitative estimate of drug-likeness (QED) is 0.479. The summed E-state index contributed by atoms with van der Waals surface area (Å²) in [5.74, 6) is 1.71. The van der Waals surface area contributed by atoms with E-state index in [2.05, 4.69) is 37.8 Å². The van der Waals surface area contributed by atoms with Gasteiger partial charge < -0.3 is 19.3 Å². The molecule has 1 aliphatic heterocycles. The van der Waals surface area contributed by atoms with Crippen LogP contribution in [0.25, 0.3) is 0 Å². The van der Waals surface area contributed by atoms with Gasteiger partial charge in [-0.25, -0.2) is 13.1 Å². The Bertz CT molecular complexity index is 1240. The fraction of sp³-hybridized carbons (Fsp3) is 0.417. The topological polar surface area (TPSA) is 102 Å². The van der Waals surface area contributed by atoms with Crippen LogP contribution in [0.4, 0.5) is 5.69 Å². The van der Waals surface area contributed by atoms with Gasteiger partial charge in [-0.15, -0.1) is 5.10 Å². The van der Waals surface area contributed by atoms with Crippen LogP contribution in [-0.2, 0) is 16.6 Å². The number of rotatable bonds is 9. The highest BCUT2D eigenvalue weighted by Gasteiger charge is 2.24. The van der Waals surface area contributed by atoms with Crippen molar-refractivity contribution in [1.82, 2.24) is 24.4 Å². The lowest BCUT2D eigenvalue weighted by atomic mass is 10.2. The minimum atomic E-state index is -3.77. The van der Waals surface area contributed by atoms with Crippen molar-refractivity contribution in [3.8, 4) is 17.5 Å². The summed E-state index contributed by atoms with van der Waals surface area (Å²) < 4.78 is 41.4. The number of hydrogen-bond acceptors (Lipinski definition) is 8.